The Labute approximate surface area is 382 Å². The van der Waals surface area contributed by atoms with Crippen molar-refractivity contribution in [2.75, 3.05) is 13.2 Å². The number of allylic oxidation sites excluding steroid dienone is 12. The van der Waals surface area contributed by atoms with Crippen LogP contribution < -0.4 is 0 Å². The van der Waals surface area contributed by atoms with Gasteiger partial charge in [-0.2, -0.15) is 0 Å². The molecule has 1 unspecified atom stereocenters. The number of rotatable bonds is 46. The van der Waals surface area contributed by atoms with E-state index >= 15 is 0 Å². The third-order valence-corrected chi connectivity index (χ3v) is 10.9. The van der Waals surface area contributed by atoms with E-state index in [9.17, 15) is 14.4 Å². The molecule has 0 saturated heterocycles. The SMILES string of the molecule is CCCCCC/C=C\CCCC(=O)OCC(COC(=O)CCCCCCC/C=C\C=C/CCCCCCCCC)OC(=O)CCC/C=C\C/C=C\C/C=C\CCCCCCCC. The topological polar surface area (TPSA) is 78.9 Å². The van der Waals surface area contributed by atoms with Gasteiger partial charge in [-0.05, 0) is 96.3 Å². The standard InChI is InChI=1S/C56H96O6/c1-4-7-10-13-16-19-21-23-25-27-29-30-32-34-37-40-43-46-49-55(58)61-52-53(51-60-54(57)48-45-42-39-36-18-15-12-9-6-3)62-56(59)50-47-44-41-38-35-33-31-28-26-24-22-20-17-14-11-8-5-2/h24-27,29-31,33,36,38-39,41,53H,4-23,28,32,34-35,37,40,42-52H2,1-3H3/b26-24-,27-25-,30-29-,33-31-,39-36-,41-38-. The molecular formula is C56H96O6. The van der Waals surface area contributed by atoms with Gasteiger partial charge in [0.15, 0.2) is 6.10 Å². The number of carbonyl (C=O) groups is 3. The molecule has 1 atom stereocenters. The van der Waals surface area contributed by atoms with Gasteiger partial charge in [0.1, 0.15) is 13.2 Å². The first-order chi connectivity index (χ1) is 30.5. The van der Waals surface area contributed by atoms with E-state index in [1.807, 2.05) is 0 Å². The molecule has 0 radical (unpaired) electrons. The minimum atomic E-state index is -0.817. The molecule has 0 aliphatic heterocycles. The van der Waals surface area contributed by atoms with Gasteiger partial charge in [-0.25, -0.2) is 0 Å². The Balaban J connectivity index is 4.45. The molecule has 0 fully saturated rings. The summed E-state index contributed by atoms with van der Waals surface area (Å²) in [4.78, 5) is 37.8. The van der Waals surface area contributed by atoms with Gasteiger partial charge in [-0.1, -0.05) is 203 Å². The highest BCUT2D eigenvalue weighted by Gasteiger charge is 2.19. The van der Waals surface area contributed by atoms with Crippen molar-refractivity contribution in [1.82, 2.24) is 0 Å². The van der Waals surface area contributed by atoms with Crippen LogP contribution in [-0.2, 0) is 28.6 Å². The Morgan fingerprint density at radius 1 is 0.339 bits per heavy atom. The number of ether oxygens (including phenoxy) is 3. The quantitative estimate of drug-likeness (QED) is 0.0199. The lowest BCUT2D eigenvalue weighted by molar-refractivity contribution is -0.167. The van der Waals surface area contributed by atoms with Crippen molar-refractivity contribution in [1.29, 1.82) is 0 Å². The number of unbranched alkanes of at least 4 members (excludes halogenated alkanes) is 24. The van der Waals surface area contributed by atoms with Gasteiger partial charge in [-0.15, -0.1) is 0 Å². The summed E-state index contributed by atoms with van der Waals surface area (Å²) in [7, 11) is 0. The minimum absolute atomic E-state index is 0.112. The molecule has 0 aromatic heterocycles. The molecule has 0 amide bonds. The maximum atomic E-state index is 12.8. The fraction of sp³-hybridized carbons (Fsp3) is 0.732. The maximum absolute atomic E-state index is 12.8. The first-order valence-corrected chi connectivity index (χ1v) is 26.0. The first kappa shape index (κ1) is 58.9. The molecule has 0 N–H and O–H groups in total. The Hall–Kier alpha value is -3.15. The average molecular weight is 865 g/mol. The van der Waals surface area contributed by atoms with Crippen molar-refractivity contribution in [3.63, 3.8) is 0 Å². The molecule has 0 rings (SSSR count). The average Bonchev–Trinajstić information content (AvgIpc) is 3.27. The van der Waals surface area contributed by atoms with Gasteiger partial charge in [-0.3, -0.25) is 14.4 Å². The third kappa shape index (κ3) is 47.9. The van der Waals surface area contributed by atoms with Crippen LogP contribution in [0.2, 0.25) is 0 Å². The molecule has 356 valence electrons. The molecular weight excluding hydrogens is 769 g/mol. The zero-order valence-electron chi connectivity index (χ0n) is 40.6. The van der Waals surface area contributed by atoms with Crippen molar-refractivity contribution in [2.24, 2.45) is 0 Å². The van der Waals surface area contributed by atoms with E-state index in [2.05, 4.69) is 93.7 Å². The van der Waals surface area contributed by atoms with Gasteiger partial charge in [0.25, 0.3) is 0 Å². The predicted molar refractivity (Wildman–Crippen MR) is 265 cm³/mol. The van der Waals surface area contributed by atoms with Crippen LogP contribution in [-0.4, -0.2) is 37.2 Å². The molecule has 0 heterocycles. The van der Waals surface area contributed by atoms with Crippen LogP contribution in [0.5, 0.6) is 0 Å². The lowest BCUT2D eigenvalue weighted by Crippen LogP contribution is -2.30. The molecule has 0 aromatic carbocycles. The van der Waals surface area contributed by atoms with Crippen LogP contribution in [0.1, 0.15) is 245 Å². The van der Waals surface area contributed by atoms with Crippen LogP contribution in [0.3, 0.4) is 0 Å². The number of carbonyl (C=O) groups excluding carboxylic acids is 3. The summed E-state index contributed by atoms with van der Waals surface area (Å²) in [5.41, 5.74) is 0. The second kappa shape index (κ2) is 50.5. The van der Waals surface area contributed by atoms with Crippen LogP contribution in [0.25, 0.3) is 0 Å². The number of hydrogen-bond donors (Lipinski definition) is 0. The number of hydrogen-bond acceptors (Lipinski definition) is 6. The van der Waals surface area contributed by atoms with Crippen molar-refractivity contribution in [2.45, 2.75) is 252 Å². The largest absolute Gasteiger partial charge is 0.462 e. The fourth-order valence-corrected chi connectivity index (χ4v) is 6.98. The molecule has 6 heteroatoms. The monoisotopic (exact) mass is 865 g/mol. The van der Waals surface area contributed by atoms with Gasteiger partial charge in [0.05, 0.1) is 0 Å². The Kier molecular flexibility index (Phi) is 47.9. The van der Waals surface area contributed by atoms with E-state index in [-0.39, 0.29) is 37.5 Å². The van der Waals surface area contributed by atoms with Gasteiger partial charge >= 0.3 is 17.9 Å². The third-order valence-electron chi connectivity index (χ3n) is 10.9. The van der Waals surface area contributed by atoms with Crippen LogP contribution >= 0.6 is 0 Å². The molecule has 0 aromatic rings. The zero-order chi connectivity index (χ0) is 45.1. The highest BCUT2D eigenvalue weighted by molar-refractivity contribution is 5.71. The second-order valence-corrected chi connectivity index (χ2v) is 17.1. The predicted octanol–water partition coefficient (Wildman–Crippen LogP) is 17.0. The summed E-state index contributed by atoms with van der Waals surface area (Å²) in [5.74, 6) is -1.02. The fourth-order valence-electron chi connectivity index (χ4n) is 6.98. The van der Waals surface area contributed by atoms with E-state index in [0.29, 0.717) is 25.7 Å². The lowest BCUT2D eigenvalue weighted by Gasteiger charge is -2.18. The summed E-state index contributed by atoms with van der Waals surface area (Å²) < 4.78 is 16.7. The molecule has 0 bridgehead atoms. The minimum Gasteiger partial charge on any atom is -0.462 e. The first-order valence-electron chi connectivity index (χ1n) is 26.0. The highest BCUT2D eigenvalue weighted by atomic mass is 16.6. The van der Waals surface area contributed by atoms with Crippen molar-refractivity contribution in [3.05, 3.63) is 72.9 Å². The second-order valence-electron chi connectivity index (χ2n) is 17.1. The zero-order valence-corrected chi connectivity index (χ0v) is 40.6. The van der Waals surface area contributed by atoms with E-state index in [0.717, 1.165) is 70.6 Å². The summed E-state index contributed by atoms with van der Waals surface area (Å²) >= 11 is 0. The summed E-state index contributed by atoms with van der Waals surface area (Å²) in [6, 6.07) is 0. The van der Waals surface area contributed by atoms with Crippen molar-refractivity contribution in [3.8, 4) is 0 Å². The van der Waals surface area contributed by atoms with Crippen LogP contribution in [0.15, 0.2) is 72.9 Å². The molecule has 0 saturated carbocycles. The normalized spacial score (nSPS) is 12.6. The summed E-state index contributed by atoms with van der Waals surface area (Å²) in [5, 5.41) is 0. The van der Waals surface area contributed by atoms with Crippen molar-refractivity contribution >= 4 is 17.9 Å². The van der Waals surface area contributed by atoms with Gasteiger partial charge < -0.3 is 14.2 Å². The molecule has 0 spiro atoms. The van der Waals surface area contributed by atoms with E-state index < -0.39 is 6.10 Å². The van der Waals surface area contributed by atoms with E-state index in [1.165, 1.54) is 122 Å². The van der Waals surface area contributed by atoms with Crippen molar-refractivity contribution < 1.29 is 28.6 Å². The summed E-state index contributed by atoms with van der Waals surface area (Å²) in [6.45, 7) is 6.51. The smallest absolute Gasteiger partial charge is 0.306 e. The molecule has 62 heavy (non-hydrogen) atoms. The Bertz CT molecular complexity index is 1180. The van der Waals surface area contributed by atoms with E-state index in [4.69, 9.17) is 14.2 Å². The van der Waals surface area contributed by atoms with E-state index in [1.54, 1.807) is 0 Å². The molecule has 0 aliphatic rings. The van der Waals surface area contributed by atoms with Gasteiger partial charge in [0, 0.05) is 19.3 Å². The van der Waals surface area contributed by atoms with Crippen LogP contribution in [0, 0.1) is 0 Å². The van der Waals surface area contributed by atoms with Crippen LogP contribution in [0.4, 0.5) is 0 Å². The van der Waals surface area contributed by atoms with Gasteiger partial charge in [0.2, 0.25) is 0 Å². The Morgan fingerprint density at radius 3 is 1.10 bits per heavy atom. The summed E-state index contributed by atoms with van der Waals surface area (Å²) in [6.07, 6.45) is 63.3. The lowest BCUT2D eigenvalue weighted by atomic mass is 10.1. The Morgan fingerprint density at radius 2 is 0.645 bits per heavy atom. The highest BCUT2D eigenvalue weighted by Crippen LogP contribution is 2.12. The molecule has 0 aliphatic carbocycles. The maximum Gasteiger partial charge on any atom is 0.306 e. The number of esters is 3. The molecule has 6 nitrogen and oxygen atoms in total.